The summed E-state index contributed by atoms with van der Waals surface area (Å²) in [5.74, 6) is -1.27. The van der Waals surface area contributed by atoms with Crippen LogP contribution in [0.3, 0.4) is 0 Å². The minimum atomic E-state index is -4.15. The summed E-state index contributed by atoms with van der Waals surface area (Å²) in [6.07, 6.45) is 14.4. The van der Waals surface area contributed by atoms with Crippen molar-refractivity contribution >= 4 is 85.8 Å². The van der Waals surface area contributed by atoms with Crippen molar-refractivity contribution in [3.05, 3.63) is 125 Å². The van der Waals surface area contributed by atoms with E-state index in [0.29, 0.717) is 6.41 Å². The molecule has 0 unspecified atom stereocenters. The number of anilines is 4. The second kappa shape index (κ2) is 25.0. The number of hydrogen-bond acceptors (Lipinski definition) is 10. The Balaban J connectivity index is 1.42. The number of thiocarbonyl (C=S) groups is 1. The second-order valence-electron chi connectivity index (χ2n) is 14.2. The van der Waals surface area contributed by atoms with E-state index in [-0.39, 0.29) is 17.3 Å². The molecule has 0 atom stereocenters. The van der Waals surface area contributed by atoms with Crippen molar-refractivity contribution in [3.8, 4) is 0 Å². The Hall–Kier alpha value is -4.82. The molecule has 0 spiro atoms. The van der Waals surface area contributed by atoms with Gasteiger partial charge in [-0.1, -0.05) is 136 Å². The van der Waals surface area contributed by atoms with E-state index in [2.05, 4.69) is 109 Å². The molecule has 4 aromatic rings. The zero-order valence-corrected chi connectivity index (χ0v) is 36.7. The van der Waals surface area contributed by atoms with Gasteiger partial charge in [0.15, 0.2) is 0 Å². The molecule has 0 saturated carbocycles. The van der Waals surface area contributed by atoms with E-state index in [0.717, 1.165) is 68.4 Å². The van der Waals surface area contributed by atoms with Crippen molar-refractivity contribution in [2.75, 3.05) is 35.4 Å². The number of ether oxygens (including phenoxy) is 1. The number of rotatable bonds is 24. The molecule has 10 nitrogen and oxygen atoms in total. The first-order valence-electron chi connectivity index (χ1n) is 20.1. The minimum absolute atomic E-state index is 0.0656. The van der Waals surface area contributed by atoms with E-state index in [1.807, 2.05) is 37.4 Å². The molecule has 0 fully saturated rings. The van der Waals surface area contributed by atoms with Crippen LogP contribution in [0.4, 0.5) is 22.7 Å². The third-order valence-electron chi connectivity index (χ3n) is 9.31. The molecule has 0 aliphatic rings. The summed E-state index contributed by atoms with van der Waals surface area (Å²) in [6, 6.07) is 35.3. The number of carbonyl (C=O) groups is 2. The van der Waals surface area contributed by atoms with Crippen molar-refractivity contribution in [3.63, 3.8) is 0 Å². The Bertz CT molecular complexity index is 2080. The summed E-state index contributed by atoms with van der Waals surface area (Å²) in [6.45, 7) is 6.42. The van der Waals surface area contributed by atoms with Crippen LogP contribution < -0.4 is 9.91 Å². The Morgan fingerprint density at radius 2 is 1.34 bits per heavy atom. The molecule has 13 heteroatoms. The topological polar surface area (TPSA) is 120 Å². The lowest BCUT2D eigenvalue weighted by Gasteiger charge is -2.26. The third-order valence-corrected chi connectivity index (χ3v) is 11.4. The van der Waals surface area contributed by atoms with E-state index < -0.39 is 28.4 Å². The number of carbonyl (C=O) groups excluding carboxylic acids is 2. The van der Waals surface area contributed by atoms with Gasteiger partial charge in [-0.25, -0.2) is 0 Å². The molecule has 314 valence electrons. The van der Waals surface area contributed by atoms with Gasteiger partial charge in [0.05, 0.1) is 24.3 Å². The number of para-hydroxylation sites is 1. The highest BCUT2D eigenvalue weighted by atomic mass is 32.2. The number of esters is 1. The molecule has 0 bridgehead atoms. The van der Waals surface area contributed by atoms with Crippen LogP contribution in [0.1, 0.15) is 88.3 Å². The number of amides is 1. The number of allylic oxidation sites excluding steroid dienone is 1. The van der Waals surface area contributed by atoms with Crippen molar-refractivity contribution in [2.24, 2.45) is 5.10 Å². The van der Waals surface area contributed by atoms with Crippen LogP contribution in [0.2, 0.25) is 0 Å². The zero-order valence-electron chi connectivity index (χ0n) is 34.2. The fourth-order valence-corrected chi connectivity index (χ4v) is 7.85. The van der Waals surface area contributed by atoms with E-state index in [1.165, 1.54) is 50.5 Å². The molecule has 0 saturated heterocycles. The lowest BCUT2D eigenvalue weighted by atomic mass is 10.1. The highest BCUT2D eigenvalue weighted by Gasteiger charge is 2.17. The zero-order chi connectivity index (χ0) is 42.5. The van der Waals surface area contributed by atoms with E-state index in [9.17, 15) is 18.0 Å². The first kappa shape index (κ1) is 46.9. The lowest BCUT2D eigenvalue weighted by Crippen LogP contribution is -2.33. The third kappa shape index (κ3) is 17.1. The quantitative estimate of drug-likeness (QED) is 0.0139. The van der Waals surface area contributed by atoms with E-state index in [4.69, 9.17) is 26.6 Å². The Kier molecular flexibility index (Phi) is 19.8. The standard InChI is InChI=1S/C46H56N4O6S3/c1-4-5-6-7-8-9-10-14-30-49(41-16-12-11-13-17-41)47-34-40-22-28-44(29-23-40)50(42-24-18-37(2)19-25-42)43-26-20-39(21-27-43)33-38(3)58-46(57)48(36-51)35-45(52)56-31-15-32-59(53,54)55/h11-13,16-29,33-34,36H,4-10,14-15,30-32,35H2,1-3H3,(H,53,54,55)/b38-33+,47-34+. The SMILES string of the molecule is CCCCCCCCCCN(/N=C/c1ccc(N(c2ccc(C)cc2)c2ccc(/C=C(\C)SC(=S)N(C=O)CC(=O)OCCCS(=O)(=O)O)cc2)cc1)c1ccccc1. The van der Waals surface area contributed by atoms with Gasteiger partial charge < -0.3 is 9.64 Å². The summed E-state index contributed by atoms with van der Waals surface area (Å²) in [7, 11) is -4.15. The fourth-order valence-electron chi connectivity index (χ4n) is 6.17. The predicted molar refractivity (Wildman–Crippen MR) is 248 cm³/mol. The van der Waals surface area contributed by atoms with Crippen LogP contribution in [-0.2, 0) is 24.4 Å². The van der Waals surface area contributed by atoms with Crippen LogP contribution in [-0.4, -0.2) is 66.2 Å². The average Bonchev–Trinajstić information content (AvgIpc) is 3.22. The van der Waals surface area contributed by atoms with Crippen molar-refractivity contribution in [2.45, 2.75) is 78.6 Å². The maximum atomic E-state index is 12.2. The van der Waals surface area contributed by atoms with Gasteiger partial charge in [0.1, 0.15) is 10.9 Å². The van der Waals surface area contributed by atoms with Gasteiger partial charge in [0.2, 0.25) is 6.41 Å². The van der Waals surface area contributed by atoms with Crippen molar-refractivity contribution in [1.82, 2.24) is 4.90 Å². The van der Waals surface area contributed by atoms with Gasteiger partial charge in [-0.2, -0.15) is 13.5 Å². The van der Waals surface area contributed by atoms with Crippen LogP contribution in [0.5, 0.6) is 0 Å². The maximum absolute atomic E-state index is 12.2. The van der Waals surface area contributed by atoms with Gasteiger partial charge in [-0.05, 0) is 97.3 Å². The summed E-state index contributed by atoms with van der Waals surface area (Å²) in [5.41, 5.74) is 7.15. The molecule has 0 radical (unpaired) electrons. The van der Waals surface area contributed by atoms with Crippen LogP contribution in [0.25, 0.3) is 6.08 Å². The van der Waals surface area contributed by atoms with E-state index in [1.54, 1.807) is 0 Å². The molecule has 4 aromatic carbocycles. The molecule has 0 heterocycles. The first-order chi connectivity index (χ1) is 28.5. The Morgan fingerprint density at radius 3 is 1.92 bits per heavy atom. The van der Waals surface area contributed by atoms with Gasteiger partial charge in [-0.15, -0.1) is 0 Å². The summed E-state index contributed by atoms with van der Waals surface area (Å²) >= 11 is 6.58. The van der Waals surface area contributed by atoms with Gasteiger partial charge in [0.25, 0.3) is 10.1 Å². The van der Waals surface area contributed by atoms with Crippen LogP contribution in [0.15, 0.2) is 113 Å². The predicted octanol–water partition coefficient (Wildman–Crippen LogP) is 11.1. The van der Waals surface area contributed by atoms with Gasteiger partial charge >= 0.3 is 5.97 Å². The maximum Gasteiger partial charge on any atom is 0.326 e. The monoisotopic (exact) mass is 856 g/mol. The van der Waals surface area contributed by atoms with Crippen LogP contribution in [0, 0.1) is 6.92 Å². The smallest absolute Gasteiger partial charge is 0.326 e. The molecule has 0 aliphatic heterocycles. The molecule has 4 rings (SSSR count). The van der Waals surface area contributed by atoms with Gasteiger partial charge in [0, 0.05) is 23.6 Å². The lowest BCUT2D eigenvalue weighted by molar-refractivity contribution is -0.145. The van der Waals surface area contributed by atoms with E-state index >= 15 is 0 Å². The second-order valence-corrected chi connectivity index (χ2v) is 17.7. The molecule has 0 aliphatic carbocycles. The molecule has 0 aromatic heterocycles. The molecule has 59 heavy (non-hydrogen) atoms. The molecule has 1 amide bonds. The number of nitrogens with zero attached hydrogens (tertiary/aromatic N) is 4. The Labute approximate surface area is 360 Å². The summed E-state index contributed by atoms with van der Waals surface area (Å²) in [4.78, 5) is 28.0. The normalized spacial score (nSPS) is 11.7. The number of hydrogen-bond donors (Lipinski definition) is 1. The number of aryl methyl sites for hydroxylation is 1. The molecular weight excluding hydrogens is 801 g/mol. The largest absolute Gasteiger partial charge is 0.464 e. The number of hydrazone groups is 1. The summed E-state index contributed by atoms with van der Waals surface area (Å²) in [5, 5.41) is 7.04. The van der Waals surface area contributed by atoms with Crippen molar-refractivity contribution in [1.29, 1.82) is 0 Å². The highest BCUT2D eigenvalue weighted by Crippen LogP contribution is 2.35. The Morgan fingerprint density at radius 1 is 0.780 bits per heavy atom. The molecular formula is C46H56N4O6S3. The average molecular weight is 857 g/mol. The van der Waals surface area contributed by atoms with Crippen molar-refractivity contribution < 1.29 is 27.3 Å². The fraction of sp³-hybridized carbons (Fsp3) is 0.348. The summed E-state index contributed by atoms with van der Waals surface area (Å²) < 4.78 is 35.7. The number of thioether (sulfide) groups is 1. The number of unbranched alkanes of at least 4 members (excludes halogenated alkanes) is 7. The van der Waals surface area contributed by atoms with Crippen LogP contribution >= 0.6 is 24.0 Å². The number of benzene rings is 4. The first-order valence-corrected chi connectivity index (χ1v) is 23.0. The highest BCUT2D eigenvalue weighted by molar-refractivity contribution is 8.25. The minimum Gasteiger partial charge on any atom is -0.464 e. The molecule has 1 N–H and O–H groups in total. The van der Waals surface area contributed by atoms with Gasteiger partial charge in [-0.3, -0.25) is 24.1 Å².